The molecule has 2 heteroatoms. The van der Waals surface area contributed by atoms with E-state index in [1.54, 1.807) is 0 Å². The van der Waals surface area contributed by atoms with Gasteiger partial charge in [-0.2, -0.15) is 0 Å². The summed E-state index contributed by atoms with van der Waals surface area (Å²) in [4.78, 5) is 9.82. The predicted molar refractivity (Wildman–Crippen MR) is 43.9 cm³/mol. The van der Waals surface area contributed by atoms with E-state index in [1.165, 1.54) is 19.3 Å². The molecule has 0 aromatic heterocycles. The number of unbranched alkanes of at least 4 members (excludes halogenated alkanes) is 3. The van der Waals surface area contributed by atoms with Crippen LogP contribution in [0.15, 0.2) is 0 Å². The van der Waals surface area contributed by atoms with E-state index in [4.69, 9.17) is 9.78 Å². The first-order valence-corrected chi connectivity index (χ1v) is 4.51. The van der Waals surface area contributed by atoms with Crippen molar-refractivity contribution in [3.63, 3.8) is 0 Å². The van der Waals surface area contributed by atoms with Gasteiger partial charge in [-0.3, -0.25) is 0 Å². The fourth-order valence-electron chi connectivity index (χ4n) is 1.29. The Bertz CT molecular complexity index is 87.6. The summed E-state index contributed by atoms with van der Waals surface area (Å²) in [7, 11) is 0. The standard InChI is InChI=1S/C9H17O2/c1-2-3-4-5-6-9-7-8-10-11-9/h9H,1-8H2. The van der Waals surface area contributed by atoms with Crippen LogP contribution >= 0.6 is 0 Å². The highest BCUT2D eigenvalue weighted by atomic mass is 17.2. The first-order valence-electron chi connectivity index (χ1n) is 4.51. The Morgan fingerprint density at radius 1 is 1.27 bits per heavy atom. The molecule has 1 saturated heterocycles. The molecule has 0 aromatic rings. The molecule has 1 heterocycles. The lowest BCUT2D eigenvalue weighted by Crippen LogP contribution is -2.03. The Morgan fingerprint density at radius 3 is 2.82 bits per heavy atom. The second-order valence-electron chi connectivity index (χ2n) is 3.03. The van der Waals surface area contributed by atoms with Gasteiger partial charge in [0.2, 0.25) is 0 Å². The highest BCUT2D eigenvalue weighted by Crippen LogP contribution is 2.16. The van der Waals surface area contributed by atoms with Crippen LogP contribution in [0.5, 0.6) is 0 Å². The normalized spacial score (nSPS) is 24.3. The van der Waals surface area contributed by atoms with Crippen molar-refractivity contribution in [2.75, 3.05) is 6.61 Å². The second-order valence-corrected chi connectivity index (χ2v) is 3.03. The molecule has 2 nitrogen and oxygen atoms in total. The maximum atomic E-state index is 5.02. The van der Waals surface area contributed by atoms with Crippen LogP contribution in [0.3, 0.4) is 0 Å². The first kappa shape index (κ1) is 9.01. The predicted octanol–water partition coefficient (Wildman–Crippen LogP) is 2.49. The lowest BCUT2D eigenvalue weighted by atomic mass is 10.1. The van der Waals surface area contributed by atoms with E-state index in [2.05, 4.69) is 6.92 Å². The van der Waals surface area contributed by atoms with Gasteiger partial charge in [0.05, 0.1) is 12.7 Å². The van der Waals surface area contributed by atoms with E-state index >= 15 is 0 Å². The molecule has 0 aliphatic carbocycles. The SMILES string of the molecule is [CH2]CCCCCC1CCOO1. The number of hydrogen-bond donors (Lipinski definition) is 0. The van der Waals surface area contributed by atoms with Gasteiger partial charge >= 0.3 is 0 Å². The second kappa shape index (κ2) is 5.56. The highest BCUT2D eigenvalue weighted by Gasteiger charge is 2.15. The van der Waals surface area contributed by atoms with Gasteiger partial charge in [-0.1, -0.05) is 32.6 Å². The number of hydrogen-bond acceptors (Lipinski definition) is 2. The maximum Gasteiger partial charge on any atom is 0.0953 e. The molecular formula is C9H17O2. The Morgan fingerprint density at radius 2 is 2.18 bits per heavy atom. The molecule has 1 aliphatic heterocycles. The fourth-order valence-corrected chi connectivity index (χ4v) is 1.29. The Balaban J connectivity index is 1.86. The zero-order valence-electron chi connectivity index (χ0n) is 7.05. The summed E-state index contributed by atoms with van der Waals surface area (Å²) < 4.78 is 0. The summed E-state index contributed by atoms with van der Waals surface area (Å²) in [6.45, 7) is 4.58. The zero-order chi connectivity index (χ0) is 7.94. The minimum atomic E-state index is 0.375. The molecule has 0 spiro atoms. The first-order chi connectivity index (χ1) is 5.43. The van der Waals surface area contributed by atoms with Crippen LogP contribution in [-0.2, 0) is 9.78 Å². The van der Waals surface area contributed by atoms with Gasteiger partial charge in [-0.05, 0) is 6.42 Å². The van der Waals surface area contributed by atoms with E-state index in [-0.39, 0.29) is 0 Å². The van der Waals surface area contributed by atoms with E-state index in [1.807, 2.05) is 0 Å². The molecule has 0 N–H and O–H groups in total. The minimum absolute atomic E-state index is 0.375. The third kappa shape index (κ3) is 3.73. The molecule has 0 saturated carbocycles. The third-order valence-corrected chi connectivity index (χ3v) is 2.00. The molecule has 11 heavy (non-hydrogen) atoms. The van der Waals surface area contributed by atoms with Gasteiger partial charge in [0.25, 0.3) is 0 Å². The van der Waals surface area contributed by atoms with E-state index in [9.17, 15) is 0 Å². The molecule has 0 aromatic carbocycles. The molecule has 0 bridgehead atoms. The third-order valence-electron chi connectivity index (χ3n) is 2.00. The summed E-state index contributed by atoms with van der Waals surface area (Å²) in [5.41, 5.74) is 0. The van der Waals surface area contributed by atoms with Gasteiger partial charge in [0.1, 0.15) is 0 Å². The van der Waals surface area contributed by atoms with Crippen LogP contribution in [0.25, 0.3) is 0 Å². The van der Waals surface area contributed by atoms with Crippen molar-refractivity contribution in [2.45, 2.75) is 44.6 Å². The molecule has 65 valence electrons. The highest BCUT2D eigenvalue weighted by molar-refractivity contribution is 4.59. The van der Waals surface area contributed by atoms with E-state index < -0.39 is 0 Å². The molecule has 1 fully saturated rings. The molecule has 1 aliphatic rings. The van der Waals surface area contributed by atoms with Gasteiger partial charge < -0.3 is 0 Å². The van der Waals surface area contributed by atoms with Crippen LogP contribution < -0.4 is 0 Å². The van der Waals surface area contributed by atoms with Gasteiger partial charge in [0, 0.05) is 6.42 Å². The summed E-state index contributed by atoms with van der Waals surface area (Å²) in [6.07, 6.45) is 7.44. The van der Waals surface area contributed by atoms with Crippen molar-refractivity contribution >= 4 is 0 Å². The molecule has 1 radical (unpaired) electrons. The molecule has 1 atom stereocenters. The largest absolute Gasteiger partial charge is 0.236 e. The monoisotopic (exact) mass is 157 g/mol. The average Bonchev–Trinajstić information content (AvgIpc) is 2.50. The topological polar surface area (TPSA) is 18.5 Å². The van der Waals surface area contributed by atoms with Crippen molar-refractivity contribution in [1.82, 2.24) is 0 Å². The van der Waals surface area contributed by atoms with Crippen LogP contribution in [0.4, 0.5) is 0 Å². The molecule has 1 unspecified atom stereocenters. The van der Waals surface area contributed by atoms with Crippen molar-refractivity contribution in [2.24, 2.45) is 0 Å². The van der Waals surface area contributed by atoms with Gasteiger partial charge in [-0.25, -0.2) is 9.78 Å². The van der Waals surface area contributed by atoms with Crippen molar-refractivity contribution < 1.29 is 9.78 Å². The van der Waals surface area contributed by atoms with Crippen molar-refractivity contribution in [1.29, 1.82) is 0 Å². The summed E-state index contributed by atoms with van der Waals surface area (Å²) in [6, 6.07) is 0. The quantitative estimate of drug-likeness (QED) is 0.451. The molecule has 1 rings (SSSR count). The maximum absolute atomic E-state index is 5.02. The van der Waals surface area contributed by atoms with Crippen LogP contribution in [-0.4, -0.2) is 12.7 Å². The van der Waals surface area contributed by atoms with Gasteiger partial charge in [0.15, 0.2) is 0 Å². The van der Waals surface area contributed by atoms with Gasteiger partial charge in [-0.15, -0.1) is 0 Å². The molecule has 0 amide bonds. The van der Waals surface area contributed by atoms with Crippen LogP contribution in [0, 0.1) is 6.92 Å². The lowest BCUT2D eigenvalue weighted by molar-refractivity contribution is -0.275. The van der Waals surface area contributed by atoms with E-state index in [0.29, 0.717) is 6.10 Å². The Labute approximate surface area is 68.8 Å². The zero-order valence-corrected chi connectivity index (χ0v) is 7.05. The fraction of sp³-hybridized carbons (Fsp3) is 0.889. The summed E-state index contributed by atoms with van der Waals surface area (Å²) >= 11 is 0. The smallest absolute Gasteiger partial charge is 0.0953 e. The Kier molecular flexibility index (Phi) is 4.55. The minimum Gasteiger partial charge on any atom is -0.236 e. The van der Waals surface area contributed by atoms with Crippen molar-refractivity contribution in [3.05, 3.63) is 6.92 Å². The van der Waals surface area contributed by atoms with Crippen LogP contribution in [0.1, 0.15) is 38.5 Å². The van der Waals surface area contributed by atoms with E-state index in [0.717, 1.165) is 25.9 Å². The summed E-state index contributed by atoms with van der Waals surface area (Å²) in [5.74, 6) is 0. The van der Waals surface area contributed by atoms with Crippen LogP contribution in [0.2, 0.25) is 0 Å². The lowest BCUT2D eigenvalue weighted by Gasteiger charge is -2.04. The number of rotatable bonds is 5. The summed E-state index contributed by atoms with van der Waals surface area (Å²) in [5, 5.41) is 0. The average molecular weight is 157 g/mol. The van der Waals surface area contributed by atoms with Crippen molar-refractivity contribution in [3.8, 4) is 0 Å². The molecular weight excluding hydrogens is 140 g/mol. The Hall–Kier alpha value is -0.0800.